The average molecular weight is 245 g/mol. The molecule has 0 heterocycles. The summed E-state index contributed by atoms with van der Waals surface area (Å²) in [6.07, 6.45) is -0.285. The number of hydrogen-bond acceptors (Lipinski definition) is 2. The van der Waals surface area contributed by atoms with E-state index < -0.39 is 23.5 Å². The van der Waals surface area contributed by atoms with Crippen molar-refractivity contribution in [2.24, 2.45) is 5.92 Å². The van der Waals surface area contributed by atoms with Crippen molar-refractivity contribution in [3.8, 4) is 0 Å². The van der Waals surface area contributed by atoms with E-state index in [0.29, 0.717) is 0 Å². The minimum Gasteiger partial charge on any atom is -0.481 e. The first-order chi connectivity index (χ1) is 7.40. The van der Waals surface area contributed by atoms with Gasteiger partial charge in [0.15, 0.2) is 5.78 Å². The van der Waals surface area contributed by atoms with Crippen LogP contribution in [0.5, 0.6) is 0 Å². The van der Waals surface area contributed by atoms with Crippen LogP contribution in [0, 0.1) is 11.7 Å². The van der Waals surface area contributed by atoms with Crippen LogP contribution in [-0.2, 0) is 4.79 Å². The SMILES string of the molecule is CC(CC(=O)O)C(=O)c1cc(F)cc(Cl)c1. The van der Waals surface area contributed by atoms with E-state index in [1.807, 2.05) is 0 Å². The zero-order valence-corrected chi connectivity index (χ0v) is 9.29. The van der Waals surface area contributed by atoms with Crippen molar-refractivity contribution in [3.63, 3.8) is 0 Å². The van der Waals surface area contributed by atoms with E-state index >= 15 is 0 Å². The van der Waals surface area contributed by atoms with Gasteiger partial charge in [0.25, 0.3) is 0 Å². The van der Waals surface area contributed by atoms with Crippen molar-refractivity contribution in [1.82, 2.24) is 0 Å². The van der Waals surface area contributed by atoms with Crippen molar-refractivity contribution in [1.29, 1.82) is 0 Å². The van der Waals surface area contributed by atoms with Crippen LogP contribution in [0.2, 0.25) is 5.02 Å². The lowest BCUT2D eigenvalue weighted by Crippen LogP contribution is -2.15. The molecule has 3 nitrogen and oxygen atoms in total. The maximum Gasteiger partial charge on any atom is 0.304 e. The number of halogens is 2. The van der Waals surface area contributed by atoms with Crippen molar-refractivity contribution in [3.05, 3.63) is 34.6 Å². The van der Waals surface area contributed by atoms with Gasteiger partial charge in [-0.25, -0.2) is 4.39 Å². The fourth-order valence-corrected chi connectivity index (χ4v) is 1.56. The van der Waals surface area contributed by atoms with Crippen LogP contribution in [0.1, 0.15) is 23.7 Å². The number of carboxylic acids is 1. The Bertz CT molecular complexity index is 411. The number of hydrogen-bond donors (Lipinski definition) is 1. The van der Waals surface area contributed by atoms with Crippen molar-refractivity contribution in [2.45, 2.75) is 13.3 Å². The largest absolute Gasteiger partial charge is 0.481 e. The van der Waals surface area contributed by atoms with Gasteiger partial charge in [-0.3, -0.25) is 9.59 Å². The van der Waals surface area contributed by atoms with Gasteiger partial charge < -0.3 is 5.11 Å². The molecule has 0 fully saturated rings. The predicted octanol–water partition coefficient (Wildman–Crippen LogP) is 2.77. The Kier molecular flexibility index (Phi) is 4.01. The summed E-state index contributed by atoms with van der Waals surface area (Å²) in [5.74, 6) is -2.80. The molecule has 0 spiro atoms. The van der Waals surface area contributed by atoms with Gasteiger partial charge in [-0.15, -0.1) is 0 Å². The first-order valence-corrected chi connectivity index (χ1v) is 5.00. The number of carbonyl (C=O) groups excluding carboxylic acids is 1. The summed E-state index contributed by atoms with van der Waals surface area (Å²) in [4.78, 5) is 22.1. The maximum absolute atomic E-state index is 13.0. The molecule has 0 aromatic heterocycles. The third-order valence-electron chi connectivity index (χ3n) is 2.08. The molecule has 0 aliphatic carbocycles. The fraction of sp³-hybridized carbons (Fsp3) is 0.273. The first-order valence-electron chi connectivity index (χ1n) is 4.62. The third-order valence-corrected chi connectivity index (χ3v) is 2.29. The summed E-state index contributed by atoms with van der Waals surface area (Å²) in [7, 11) is 0. The van der Waals surface area contributed by atoms with E-state index in [0.717, 1.165) is 12.1 Å². The van der Waals surface area contributed by atoms with E-state index in [2.05, 4.69) is 0 Å². The van der Waals surface area contributed by atoms with Crippen LogP contribution >= 0.6 is 11.6 Å². The van der Waals surface area contributed by atoms with Crippen LogP contribution in [0.25, 0.3) is 0 Å². The lowest BCUT2D eigenvalue weighted by molar-refractivity contribution is -0.137. The molecule has 0 amide bonds. The first kappa shape index (κ1) is 12.6. The van der Waals surface area contributed by atoms with Crippen LogP contribution in [0.3, 0.4) is 0 Å². The molecule has 0 radical (unpaired) electrons. The van der Waals surface area contributed by atoms with Crippen molar-refractivity contribution < 1.29 is 19.1 Å². The molecular formula is C11H10ClFO3. The zero-order valence-electron chi connectivity index (χ0n) is 8.54. The van der Waals surface area contributed by atoms with Crippen LogP contribution in [0.4, 0.5) is 4.39 Å². The summed E-state index contributed by atoms with van der Waals surface area (Å²) >= 11 is 5.60. The van der Waals surface area contributed by atoms with Gasteiger partial charge in [0.05, 0.1) is 6.42 Å². The Hall–Kier alpha value is -1.42. The molecule has 86 valence electrons. The molecule has 0 saturated carbocycles. The maximum atomic E-state index is 13.0. The van der Waals surface area contributed by atoms with Crippen LogP contribution in [0.15, 0.2) is 18.2 Å². The molecule has 1 aromatic carbocycles. The molecule has 1 unspecified atom stereocenters. The van der Waals surface area contributed by atoms with E-state index in [1.54, 1.807) is 0 Å². The second-order valence-electron chi connectivity index (χ2n) is 3.52. The minimum absolute atomic E-state index is 0.0961. The molecule has 1 aromatic rings. The fourth-order valence-electron chi connectivity index (χ4n) is 1.34. The number of carboxylic acid groups (broad SMARTS) is 1. The lowest BCUT2D eigenvalue weighted by atomic mass is 9.96. The summed E-state index contributed by atoms with van der Waals surface area (Å²) in [6, 6.07) is 3.46. The monoisotopic (exact) mass is 244 g/mol. The number of aliphatic carboxylic acids is 1. The highest BCUT2D eigenvalue weighted by molar-refractivity contribution is 6.31. The molecule has 0 aliphatic heterocycles. The molecule has 5 heteroatoms. The van der Waals surface area contributed by atoms with Gasteiger partial charge >= 0.3 is 5.97 Å². The second-order valence-corrected chi connectivity index (χ2v) is 3.96. The lowest BCUT2D eigenvalue weighted by Gasteiger charge is -2.08. The molecule has 0 saturated heterocycles. The Morgan fingerprint density at radius 1 is 1.44 bits per heavy atom. The normalized spacial score (nSPS) is 12.2. The molecule has 16 heavy (non-hydrogen) atoms. The quantitative estimate of drug-likeness (QED) is 0.829. The standard InChI is InChI=1S/C11H10ClFO3/c1-6(2-10(14)15)11(16)7-3-8(12)5-9(13)4-7/h3-6H,2H2,1H3,(H,14,15). The average Bonchev–Trinajstić information content (AvgIpc) is 2.13. The summed E-state index contributed by atoms with van der Waals surface area (Å²) in [5, 5.41) is 8.65. The van der Waals surface area contributed by atoms with Crippen molar-refractivity contribution in [2.75, 3.05) is 0 Å². The number of Topliss-reactive ketones (excluding diaryl/α,β-unsaturated/α-hetero) is 1. The van der Waals surface area contributed by atoms with Crippen LogP contribution in [-0.4, -0.2) is 16.9 Å². The van der Waals surface area contributed by atoms with Gasteiger partial charge in [-0.1, -0.05) is 18.5 Å². The van der Waals surface area contributed by atoms with Gasteiger partial charge in [0.2, 0.25) is 0 Å². The second kappa shape index (κ2) is 5.07. The van der Waals surface area contributed by atoms with Crippen LogP contribution < -0.4 is 0 Å². The summed E-state index contributed by atoms with van der Waals surface area (Å²) in [5.41, 5.74) is 0.0961. The number of carbonyl (C=O) groups is 2. The predicted molar refractivity (Wildman–Crippen MR) is 57.2 cm³/mol. The Morgan fingerprint density at radius 2 is 2.06 bits per heavy atom. The number of rotatable bonds is 4. The Morgan fingerprint density at radius 3 is 2.56 bits per heavy atom. The molecule has 1 atom stereocenters. The zero-order chi connectivity index (χ0) is 12.3. The van der Waals surface area contributed by atoms with E-state index in [9.17, 15) is 14.0 Å². The third kappa shape index (κ3) is 3.31. The summed E-state index contributed by atoms with van der Waals surface area (Å²) < 4.78 is 13.0. The van der Waals surface area contributed by atoms with E-state index in [-0.39, 0.29) is 17.0 Å². The molecule has 1 rings (SSSR count). The van der Waals surface area contributed by atoms with E-state index in [4.69, 9.17) is 16.7 Å². The summed E-state index contributed by atoms with van der Waals surface area (Å²) in [6.45, 7) is 1.48. The molecular weight excluding hydrogens is 235 g/mol. The topological polar surface area (TPSA) is 54.4 Å². The Labute approximate surface area is 96.8 Å². The van der Waals surface area contributed by atoms with E-state index in [1.165, 1.54) is 13.0 Å². The highest BCUT2D eigenvalue weighted by Gasteiger charge is 2.19. The molecule has 0 bridgehead atoms. The number of benzene rings is 1. The highest BCUT2D eigenvalue weighted by Crippen LogP contribution is 2.18. The van der Waals surface area contributed by atoms with Gasteiger partial charge in [-0.2, -0.15) is 0 Å². The smallest absolute Gasteiger partial charge is 0.304 e. The van der Waals surface area contributed by atoms with Gasteiger partial charge in [0, 0.05) is 16.5 Å². The molecule has 0 aliphatic rings. The van der Waals surface area contributed by atoms with Crippen molar-refractivity contribution >= 4 is 23.4 Å². The number of ketones is 1. The minimum atomic E-state index is -1.07. The van der Waals surface area contributed by atoms with Gasteiger partial charge in [0.1, 0.15) is 5.82 Å². The highest BCUT2D eigenvalue weighted by atomic mass is 35.5. The molecule has 1 N–H and O–H groups in total. The Balaban J connectivity index is 2.91. The van der Waals surface area contributed by atoms with Gasteiger partial charge in [-0.05, 0) is 18.2 Å².